The number of benzene rings is 1. The molecule has 19 heavy (non-hydrogen) atoms. The Balaban J connectivity index is 1.66. The van der Waals surface area contributed by atoms with Crippen LogP contribution in [0.15, 0.2) is 30.3 Å². The lowest BCUT2D eigenvalue weighted by molar-refractivity contribution is -0.123. The van der Waals surface area contributed by atoms with Crippen LogP contribution in [0.4, 0.5) is 0 Å². The van der Waals surface area contributed by atoms with Gasteiger partial charge in [-0.25, -0.2) is 0 Å². The number of nitrogens with one attached hydrogen (secondary N) is 2. The van der Waals surface area contributed by atoms with Gasteiger partial charge in [-0.3, -0.25) is 4.79 Å². The third-order valence-electron chi connectivity index (χ3n) is 3.79. The molecule has 1 aromatic rings. The molecule has 2 unspecified atom stereocenters. The van der Waals surface area contributed by atoms with Gasteiger partial charge in [0.05, 0.1) is 12.1 Å². The van der Waals surface area contributed by atoms with Crippen molar-refractivity contribution in [2.45, 2.75) is 24.9 Å². The molecule has 1 aliphatic carbocycles. The Morgan fingerprint density at radius 3 is 2.74 bits per heavy atom. The van der Waals surface area contributed by atoms with Crippen LogP contribution in [0.3, 0.4) is 0 Å². The van der Waals surface area contributed by atoms with Crippen LogP contribution in [0.2, 0.25) is 0 Å². The predicted octanol–water partition coefficient (Wildman–Crippen LogP) is 1.96. The van der Waals surface area contributed by atoms with Gasteiger partial charge in [0.25, 0.3) is 0 Å². The number of thioether (sulfide) groups is 1. The first kappa shape index (κ1) is 13.0. The standard InChI is InChI=1S/C15H20N2OS/c18-15(13-10-19-9-8-16-13)17-14(12-6-7-12)11-4-2-1-3-5-11/h1-5,12-14,16H,6-10H2,(H,17,18). The fourth-order valence-corrected chi connectivity index (χ4v) is 3.48. The third kappa shape index (κ3) is 3.31. The van der Waals surface area contributed by atoms with Crippen molar-refractivity contribution < 1.29 is 4.79 Å². The van der Waals surface area contributed by atoms with Crippen LogP contribution in [0.25, 0.3) is 0 Å². The van der Waals surface area contributed by atoms with Crippen LogP contribution in [-0.4, -0.2) is 30.0 Å². The Kier molecular flexibility index (Phi) is 4.09. The number of rotatable bonds is 4. The number of carbonyl (C=O) groups is 1. The average molecular weight is 276 g/mol. The van der Waals surface area contributed by atoms with Gasteiger partial charge in [-0.15, -0.1) is 0 Å². The number of carbonyl (C=O) groups excluding carboxylic acids is 1. The molecule has 102 valence electrons. The first-order chi connectivity index (χ1) is 9.34. The van der Waals surface area contributed by atoms with Crippen molar-refractivity contribution in [1.82, 2.24) is 10.6 Å². The van der Waals surface area contributed by atoms with E-state index in [1.807, 2.05) is 30.0 Å². The number of hydrogen-bond donors (Lipinski definition) is 2. The van der Waals surface area contributed by atoms with Crippen molar-refractivity contribution in [2.24, 2.45) is 5.92 Å². The van der Waals surface area contributed by atoms with Gasteiger partial charge in [0.2, 0.25) is 5.91 Å². The molecular weight excluding hydrogens is 256 g/mol. The zero-order valence-corrected chi connectivity index (χ0v) is 11.8. The van der Waals surface area contributed by atoms with E-state index in [1.165, 1.54) is 18.4 Å². The summed E-state index contributed by atoms with van der Waals surface area (Å²) in [6, 6.07) is 10.5. The van der Waals surface area contributed by atoms with E-state index in [2.05, 4.69) is 22.8 Å². The second-order valence-corrected chi connectivity index (χ2v) is 6.47. The Morgan fingerprint density at radius 2 is 2.11 bits per heavy atom. The average Bonchev–Trinajstić information content (AvgIpc) is 3.31. The van der Waals surface area contributed by atoms with Gasteiger partial charge in [-0.05, 0) is 24.3 Å². The molecule has 1 amide bonds. The largest absolute Gasteiger partial charge is 0.348 e. The maximum atomic E-state index is 12.3. The van der Waals surface area contributed by atoms with Crippen molar-refractivity contribution in [3.63, 3.8) is 0 Å². The lowest BCUT2D eigenvalue weighted by atomic mass is 10.0. The second-order valence-electron chi connectivity index (χ2n) is 5.32. The molecule has 3 nitrogen and oxygen atoms in total. The fourth-order valence-electron chi connectivity index (χ4n) is 2.55. The molecule has 1 saturated carbocycles. The molecule has 0 aromatic heterocycles. The van der Waals surface area contributed by atoms with Crippen LogP contribution in [0.1, 0.15) is 24.4 Å². The molecule has 0 bridgehead atoms. The molecule has 1 aliphatic heterocycles. The lowest BCUT2D eigenvalue weighted by Crippen LogP contribution is -2.50. The van der Waals surface area contributed by atoms with Crippen molar-refractivity contribution in [3.8, 4) is 0 Å². The molecule has 4 heteroatoms. The van der Waals surface area contributed by atoms with Crippen molar-refractivity contribution in [2.75, 3.05) is 18.1 Å². The molecule has 1 aromatic carbocycles. The van der Waals surface area contributed by atoms with E-state index in [1.54, 1.807) is 0 Å². The van der Waals surface area contributed by atoms with E-state index < -0.39 is 0 Å². The SMILES string of the molecule is O=C(NC(c1ccccc1)C1CC1)C1CSCCN1. The van der Waals surface area contributed by atoms with Gasteiger partial charge < -0.3 is 10.6 Å². The summed E-state index contributed by atoms with van der Waals surface area (Å²) in [5.74, 6) is 2.78. The maximum absolute atomic E-state index is 12.3. The van der Waals surface area contributed by atoms with Gasteiger partial charge in [0.15, 0.2) is 0 Å². The highest BCUT2D eigenvalue weighted by Gasteiger charge is 2.34. The highest BCUT2D eigenvalue weighted by Crippen LogP contribution is 2.40. The molecule has 1 saturated heterocycles. The van der Waals surface area contributed by atoms with Crippen molar-refractivity contribution in [3.05, 3.63) is 35.9 Å². The Morgan fingerprint density at radius 1 is 1.32 bits per heavy atom. The smallest absolute Gasteiger partial charge is 0.238 e. The monoisotopic (exact) mass is 276 g/mol. The van der Waals surface area contributed by atoms with Crippen LogP contribution >= 0.6 is 11.8 Å². The third-order valence-corrected chi connectivity index (χ3v) is 4.85. The van der Waals surface area contributed by atoms with E-state index in [-0.39, 0.29) is 18.0 Å². The van der Waals surface area contributed by atoms with Gasteiger partial charge in [-0.2, -0.15) is 11.8 Å². The van der Waals surface area contributed by atoms with E-state index in [9.17, 15) is 4.79 Å². The van der Waals surface area contributed by atoms with Crippen molar-refractivity contribution in [1.29, 1.82) is 0 Å². The molecule has 0 radical (unpaired) electrons. The van der Waals surface area contributed by atoms with Crippen LogP contribution in [-0.2, 0) is 4.79 Å². The highest BCUT2D eigenvalue weighted by molar-refractivity contribution is 7.99. The Bertz CT molecular complexity index is 427. The minimum absolute atomic E-state index is 0.0243. The molecule has 1 heterocycles. The zero-order chi connectivity index (χ0) is 13.1. The molecule has 0 spiro atoms. The molecule has 3 rings (SSSR count). The topological polar surface area (TPSA) is 41.1 Å². The Labute approximate surface area is 118 Å². The summed E-state index contributed by atoms with van der Waals surface area (Å²) < 4.78 is 0. The predicted molar refractivity (Wildman–Crippen MR) is 79.2 cm³/mol. The van der Waals surface area contributed by atoms with Gasteiger partial charge >= 0.3 is 0 Å². The minimum Gasteiger partial charge on any atom is -0.348 e. The zero-order valence-electron chi connectivity index (χ0n) is 11.0. The minimum atomic E-state index is -0.0243. The van der Waals surface area contributed by atoms with Crippen LogP contribution in [0, 0.1) is 5.92 Å². The Hall–Kier alpha value is -1.00. The van der Waals surface area contributed by atoms with E-state index in [0.29, 0.717) is 5.92 Å². The number of hydrogen-bond acceptors (Lipinski definition) is 3. The molecular formula is C15H20N2OS. The quantitative estimate of drug-likeness (QED) is 0.883. The van der Waals surface area contributed by atoms with Crippen molar-refractivity contribution >= 4 is 17.7 Å². The number of amides is 1. The first-order valence-electron chi connectivity index (χ1n) is 7.01. The van der Waals surface area contributed by atoms with E-state index >= 15 is 0 Å². The van der Waals surface area contributed by atoms with Crippen LogP contribution < -0.4 is 10.6 Å². The van der Waals surface area contributed by atoms with Crippen LogP contribution in [0.5, 0.6) is 0 Å². The van der Waals surface area contributed by atoms with Gasteiger partial charge in [0, 0.05) is 18.1 Å². The summed E-state index contributed by atoms with van der Waals surface area (Å²) in [5.41, 5.74) is 1.24. The summed E-state index contributed by atoms with van der Waals surface area (Å²) >= 11 is 1.85. The molecule has 2 atom stereocenters. The van der Waals surface area contributed by atoms with Gasteiger partial charge in [-0.1, -0.05) is 30.3 Å². The second kappa shape index (κ2) is 5.97. The highest BCUT2D eigenvalue weighted by atomic mass is 32.2. The molecule has 2 N–H and O–H groups in total. The van der Waals surface area contributed by atoms with Gasteiger partial charge in [0.1, 0.15) is 0 Å². The summed E-state index contributed by atoms with van der Waals surface area (Å²) in [6.07, 6.45) is 2.46. The van der Waals surface area contributed by atoms with E-state index in [0.717, 1.165) is 18.1 Å². The maximum Gasteiger partial charge on any atom is 0.238 e. The normalized spacial score (nSPS) is 24.7. The summed E-state index contributed by atoms with van der Waals surface area (Å²) in [7, 11) is 0. The first-order valence-corrected chi connectivity index (χ1v) is 8.16. The molecule has 2 fully saturated rings. The summed E-state index contributed by atoms with van der Waals surface area (Å²) in [6.45, 7) is 0.933. The fraction of sp³-hybridized carbons (Fsp3) is 0.533. The summed E-state index contributed by atoms with van der Waals surface area (Å²) in [4.78, 5) is 12.3. The van der Waals surface area contributed by atoms with E-state index in [4.69, 9.17) is 0 Å². The lowest BCUT2D eigenvalue weighted by Gasteiger charge is -2.26. The summed E-state index contributed by atoms with van der Waals surface area (Å²) in [5, 5.41) is 6.55. The molecule has 2 aliphatic rings.